The van der Waals surface area contributed by atoms with Gasteiger partial charge in [0, 0.05) is 42.8 Å². The molecule has 108 valence electrons. The minimum absolute atomic E-state index is 0.0425. The van der Waals surface area contributed by atoms with E-state index in [9.17, 15) is 4.79 Å². The molecule has 0 saturated carbocycles. The molecule has 3 rings (SSSR count). The Morgan fingerprint density at radius 2 is 1.90 bits per heavy atom. The third kappa shape index (κ3) is 2.77. The zero-order valence-electron chi connectivity index (χ0n) is 12.3. The van der Waals surface area contributed by atoms with Crippen molar-refractivity contribution < 1.29 is 4.79 Å². The van der Waals surface area contributed by atoms with Gasteiger partial charge >= 0.3 is 0 Å². The summed E-state index contributed by atoms with van der Waals surface area (Å²) in [5.74, 6) is 0.0425. The van der Waals surface area contributed by atoms with Crippen LogP contribution in [0.2, 0.25) is 0 Å². The van der Waals surface area contributed by atoms with Crippen LogP contribution in [0.1, 0.15) is 33.0 Å². The predicted molar refractivity (Wildman–Crippen MR) is 79.1 cm³/mol. The van der Waals surface area contributed by atoms with Gasteiger partial charge < -0.3 is 4.90 Å². The van der Waals surface area contributed by atoms with Gasteiger partial charge in [0.2, 0.25) is 0 Å². The summed E-state index contributed by atoms with van der Waals surface area (Å²) in [6, 6.07) is 3.71. The van der Waals surface area contributed by atoms with Gasteiger partial charge in [-0.15, -0.1) is 0 Å². The quantitative estimate of drug-likeness (QED) is 0.799. The van der Waals surface area contributed by atoms with Crippen LogP contribution >= 0.6 is 0 Å². The van der Waals surface area contributed by atoms with Gasteiger partial charge in [0.05, 0.1) is 5.56 Å². The van der Waals surface area contributed by atoms with Crippen molar-refractivity contribution in [2.24, 2.45) is 0 Å². The third-order valence-corrected chi connectivity index (χ3v) is 3.95. The number of rotatable bonds is 1. The summed E-state index contributed by atoms with van der Waals surface area (Å²) in [5.41, 5.74) is 4.84. The fraction of sp³-hybridized carbons (Fsp3) is 0.375. The predicted octanol–water partition coefficient (Wildman–Crippen LogP) is 1.73. The molecule has 0 radical (unpaired) electrons. The molecule has 0 N–H and O–H groups in total. The summed E-state index contributed by atoms with van der Waals surface area (Å²) in [7, 11) is 0. The highest BCUT2D eigenvalue weighted by molar-refractivity contribution is 5.94. The summed E-state index contributed by atoms with van der Waals surface area (Å²) in [5, 5.41) is 0. The van der Waals surface area contributed by atoms with E-state index in [1.54, 1.807) is 12.5 Å². The molecule has 2 aromatic heterocycles. The minimum Gasteiger partial charge on any atom is -0.338 e. The van der Waals surface area contributed by atoms with Crippen LogP contribution in [0.3, 0.4) is 0 Å². The highest BCUT2D eigenvalue weighted by atomic mass is 16.2. The second-order valence-corrected chi connectivity index (χ2v) is 5.36. The molecular weight excluding hydrogens is 264 g/mol. The van der Waals surface area contributed by atoms with E-state index < -0.39 is 0 Å². The summed E-state index contributed by atoms with van der Waals surface area (Å²) in [4.78, 5) is 27.2. The molecule has 0 saturated heterocycles. The number of carbonyl (C=O) groups excluding carboxylic acids is 1. The van der Waals surface area contributed by atoms with Crippen molar-refractivity contribution in [3.05, 3.63) is 52.9 Å². The Morgan fingerprint density at radius 1 is 1.10 bits per heavy atom. The van der Waals surface area contributed by atoms with E-state index in [1.165, 1.54) is 5.56 Å². The number of nitrogens with zero attached hydrogens (tertiary/aromatic N) is 4. The van der Waals surface area contributed by atoms with Crippen LogP contribution in [0.5, 0.6) is 0 Å². The van der Waals surface area contributed by atoms with Crippen molar-refractivity contribution in [1.82, 2.24) is 19.9 Å². The lowest BCUT2D eigenvalue weighted by molar-refractivity contribution is 0.0762. The van der Waals surface area contributed by atoms with Crippen molar-refractivity contribution in [1.29, 1.82) is 0 Å². The smallest absolute Gasteiger partial charge is 0.255 e. The summed E-state index contributed by atoms with van der Waals surface area (Å²) in [6.07, 6.45) is 4.85. The minimum atomic E-state index is 0.0425. The van der Waals surface area contributed by atoms with Crippen molar-refractivity contribution in [3.63, 3.8) is 0 Å². The maximum atomic E-state index is 12.5. The fourth-order valence-electron chi connectivity index (χ4n) is 2.67. The zero-order chi connectivity index (χ0) is 14.8. The first-order chi connectivity index (χ1) is 10.1. The first-order valence-corrected chi connectivity index (χ1v) is 7.16. The third-order valence-electron chi connectivity index (χ3n) is 3.95. The van der Waals surface area contributed by atoms with E-state index >= 15 is 0 Å². The van der Waals surface area contributed by atoms with E-state index in [2.05, 4.69) is 15.0 Å². The number of hydrogen-bond acceptors (Lipinski definition) is 4. The normalized spacial score (nSPS) is 14.5. The molecule has 3 heterocycles. The second kappa shape index (κ2) is 5.60. The number of aromatic nitrogens is 3. The van der Waals surface area contributed by atoms with Crippen molar-refractivity contribution >= 4 is 5.91 Å². The number of hydrogen-bond donors (Lipinski definition) is 0. The molecule has 0 bridgehead atoms. The van der Waals surface area contributed by atoms with Crippen LogP contribution in [0.25, 0.3) is 0 Å². The molecule has 21 heavy (non-hydrogen) atoms. The first kappa shape index (κ1) is 13.7. The van der Waals surface area contributed by atoms with Crippen molar-refractivity contribution in [2.75, 3.05) is 13.1 Å². The Bertz CT molecular complexity index is 666. The standard InChI is InChI=1S/C16H18N4O/c1-11-3-4-13(9-17-11)16(21)20-7-5-14-12(2)18-10-19-15(14)6-8-20/h3-4,9-10H,5-8H2,1-2H3. The Labute approximate surface area is 124 Å². The first-order valence-electron chi connectivity index (χ1n) is 7.16. The summed E-state index contributed by atoms with van der Waals surface area (Å²) >= 11 is 0. The molecule has 0 unspecified atom stereocenters. The van der Waals surface area contributed by atoms with Crippen LogP contribution in [0, 0.1) is 13.8 Å². The van der Waals surface area contributed by atoms with Gasteiger partial charge in [0.25, 0.3) is 5.91 Å². The molecule has 1 amide bonds. The van der Waals surface area contributed by atoms with Crippen LogP contribution in [-0.4, -0.2) is 38.8 Å². The Balaban J connectivity index is 1.79. The molecule has 0 spiro atoms. The van der Waals surface area contributed by atoms with Gasteiger partial charge in [0.15, 0.2) is 0 Å². The molecule has 0 fully saturated rings. The average molecular weight is 282 g/mol. The molecular formula is C16H18N4O. The van der Waals surface area contributed by atoms with E-state index in [0.29, 0.717) is 18.7 Å². The van der Waals surface area contributed by atoms with Crippen LogP contribution in [0.4, 0.5) is 0 Å². The number of carbonyl (C=O) groups is 1. The monoisotopic (exact) mass is 282 g/mol. The average Bonchev–Trinajstić information content (AvgIpc) is 2.71. The Morgan fingerprint density at radius 3 is 2.67 bits per heavy atom. The van der Waals surface area contributed by atoms with Gasteiger partial charge in [-0.25, -0.2) is 9.97 Å². The second-order valence-electron chi connectivity index (χ2n) is 5.36. The molecule has 2 aromatic rings. The topological polar surface area (TPSA) is 59.0 Å². The van der Waals surface area contributed by atoms with Gasteiger partial charge in [-0.3, -0.25) is 9.78 Å². The van der Waals surface area contributed by atoms with Gasteiger partial charge in [-0.1, -0.05) is 0 Å². The van der Waals surface area contributed by atoms with Crippen LogP contribution < -0.4 is 0 Å². The lowest BCUT2D eigenvalue weighted by Gasteiger charge is -2.20. The molecule has 0 atom stereocenters. The number of fused-ring (bicyclic) bond motifs is 1. The van der Waals surface area contributed by atoms with Gasteiger partial charge in [-0.2, -0.15) is 0 Å². The summed E-state index contributed by atoms with van der Waals surface area (Å²) in [6.45, 7) is 5.31. The van der Waals surface area contributed by atoms with Crippen LogP contribution in [-0.2, 0) is 12.8 Å². The summed E-state index contributed by atoms with van der Waals surface area (Å²) < 4.78 is 0. The molecule has 0 aromatic carbocycles. The fourth-order valence-corrected chi connectivity index (χ4v) is 2.67. The van der Waals surface area contributed by atoms with Gasteiger partial charge in [-0.05, 0) is 38.0 Å². The van der Waals surface area contributed by atoms with Crippen molar-refractivity contribution in [3.8, 4) is 0 Å². The lowest BCUT2D eigenvalue weighted by Crippen LogP contribution is -2.33. The zero-order valence-corrected chi connectivity index (χ0v) is 12.3. The van der Waals surface area contributed by atoms with E-state index in [4.69, 9.17) is 0 Å². The molecule has 0 aliphatic carbocycles. The van der Waals surface area contributed by atoms with Crippen LogP contribution in [0.15, 0.2) is 24.7 Å². The highest BCUT2D eigenvalue weighted by Crippen LogP contribution is 2.17. The number of amides is 1. The Kier molecular flexibility index (Phi) is 3.64. The molecule has 1 aliphatic heterocycles. The Hall–Kier alpha value is -2.30. The highest BCUT2D eigenvalue weighted by Gasteiger charge is 2.21. The largest absolute Gasteiger partial charge is 0.338 e. The number of pyridine rings is 1. The van der Waals surface area contributed by atoms with E-state index in [0.717, 1.165) is 29.9 Å². The maximum absolute atomic E-state index is 12.5. The number of aryl methyl sites for hydroxylation is 2. The van der Waals surface area contributed by atoms with Crippen molar-refractivity contribution in [2.45, 2.75) is 26.7 Å². The lowest BCUT2D eigenvalue weighted by atomic mass is 10.1. The van der Waals surface area contributed by atoms with Gasteiger partial charge in [0.1, 0.15) is 6.33 Å². The SMILES string of the molecule is Cc1ccc(C(=O)N2CCc3ncnc(C)c3CC2)cn1. The molecule has 5 nitrogen and oxygen atoms in total. The van der Waals surface area contributed by atoms with E-state index in [1.807, 2.05) is 30.9 Å². The molecule has 5 heteroatoms. The molecule has 1 aliphatic rings. The maximum Gasteiger partial charge on any atom is 0.255 e. The van der Waals surface area contributed by atoms with E-state index in [-0.39, 0.29) is 5.91 Å².